The van der Waals surface area contributed by atoms with Crippen LogP contribution in [0.3, 0.4) is 0 Å². The topological polar surface area (TPSA) is 67.4 Å². The van der Waals surface area contributed by atoms with Crippen LogP contribution in [0.4, 0.5) is 0 Å². The third kappa shape index (κ3) is 2.03. The summed E-state index contributed by atoms with van der Waals surface area (Å²) >= 11 is 0. The van der Waals surface area contributed by atoms with E-state index in [2.05, 4.69) is 10.6 Å². The minimum atomic E-state index is -0.414. The van der Waals surface area contributed by atoms with Gasteiger partial charge in [0.05, 0.1) is 23.5 Å². The second-order valence-corrected chi connectivity index (χ2v) is 6.51. The smallest absolute Gasteiger partial charge is 0.227 e. The highest BCUT2D eigenvalue weighted by molar-refractivity contribution is 5.91. The molecule has 2 amide bonds. The van der Waals surface area contributed by atoms with Crippen molar-refractivity contribution in [1.29, 1.82) is 0 Å². The van der Waals surface area contributed by atoms with E-state index in [-0.39, 0.29) is 29.8 Å². The average molecular weight is 300 g/mol. The Balaban J connectivity index is 1.40. The van der Waals surface area contributed by atoms with Crippen LogP contribution in [0.1, 0.15) is 18.4 Å². The van der Waals surface area contributed by atoms with Gasteiger partial charge in [-0.05, 0) is 24.8 Å². The van der Waals surface area contributed by atoms with Gasteiger partial charge >= 0.3 is 0 Å². The fourth-order valence-corrected chi connectivity index (χ4v) is 4.23. The summed E-state index contributed by atoms with van der Waals surface area (Å²) in [6.07, 6.45) is 2.47. The second-order valence-electron chi connectivity index (χ2n) is 6.51. The van der Waals surface area contributed by atoms with Crippen molar-refractivity contribution in [3.8, 4) is 0 Å². The van der Waals surface area contributed by atoms with Crippen LogP contribution in [-0.4, -0.2) is 36.6 Å². The fraction of sp³-hybridized carbons (Fsp3) is 0.529. The predicted molar refractivity (Wildman–Crippen MR) is 80.0 cm³/mol. The van der Waals surface area contributed by atoms with Crippen LogP contribution in [0.5, 0.6) is 0 Å². The lowest BCUT2D eigenvalue weighted by Crippen LogP contribution is -2.46. The number of carbonyl (C=O) groups is 2. The molecule has 1 aromatic rings. The van der Waals surface area contributed by atoms with Crippen LogP contribution in [0.15, 0.2) is 30.3 Å². The molecular weight excluding hydrogens is 280 g/mol. The molecule has 5 nitrogen and oxygen atoms in total. The summed E-state index contributed by atoms with van der Waals surface area (Å²) in [7, 11) is 0. The standard InChI is InChI=1S/C17H20N2O3/c20-15(18-9-7-11-4-2-1-3-5-11)13-12-6-8-17(22-12)10-19-16(21)14(13)17/h1-5,12-14H,6-10H2,(H,18,20)(H,19,21)/t12-,13-,14+,17-/m0/s1. The second kappa shape index (κ2) is 5.09. The van der Waals surface area contributed by atoms with E-state index in [1.165, 1.54) is 5.56 Å². The molecule has 3 fully saturated rings. The molecule has 3 heterocycles. The van der Waals surface area contributed by atoms with Crippen molar-refractivity contribution in [1.82, 2.24) is 10.6 Å². The molecule has 0 aliphatic carbocycles. The molecule has 0 unspecified atom stereocenters. The molecule has 0 saturated carbocycles. The van der Waals surface area contributed by atoms with Crippen LogP contribution >= 0.6 is 0 Å². The summed E-state index contributed by atoms with van der Waals surface area (Å²) in [4.78, 5) is 24.6. The molecular formula is C17H20N2O3. The van der Waals surface area contributed by atoms with Gasteiger partial charge in [-0.15, -0.1) is 0 Å². The van der Waals surface area contributed by atoms with Crippen LogP contribution in [0.2, 0.25) is 0 Å². The first kappa shape index (κ1) is 13.8. The van der Waals surface area contributed by atoms with E-state index in [1.807, 2.05) is 30.3 Å². The Morgan fingerprint density at radius 2 is 2.18 bits per heavy atom. The number of rotatable bonds is 4. The molecule has 22 heavy (non-hydrogen) atoms. The number of hydrogen-bond acceptors (Lipinski definition) is 3. The van der Waals surface area contributed by atoms with E-state index in [4.69, 9.17) is 4.74 Å². The third-order valence-electron chi connectivity index (χ3n) is 5.27. The molecule has 2 bridgehead atoms. The van der Waals surface area contributed by atoms with Gasteiger partial charge in [-0.3, -0.25) is 9.59 Å². The molecule has 0 aromatic heterocycles. The van der Waals surface area contributed by atoms with Gasteiger partial charge < -0.3 is 15.4 Å². The fourth-order valence-electron chi connectivity index (χ4n) is 4.23. The Morgan fingerprint density at radius 3 is 3.00 bits per heavy atom. The van der Waals surface area contributed by atoms with Crippen molar-refractivity contribution >= 4 is 11.8 Å². The highest BCUT2D eigenvalue weighted by Crippen LogP contribution is 2.53. The zero-order chi connectivity index (χ0) is 15.2. The number of nitrogens with one attached hydrogen (secondary N) is 2. The molecule has 0 radical (unpaired) electrons. The third-order valence-corrected chi connectivity index (χ3v) is 5.27. The predicted octanol–water partition coefficient (Wildman–Crippen LogP) is 0.639. The number of fused-ring (bicyclic) bond motifs is 1. The molecule has 116 valence electrons. The Hall–Kier alpha value is -1.88. The lowest BCUT2D eigenvalue weighted by Gasteiger charge is -2.27. The van der Waals surface area contributed by atoms with Gasteiger partial charge in [0.25, 0.3) is 0 Å². The Morgan fingerprint density at radius 1 is 1.36 bits per heavy atom. The lowest BCUT2D eigenvalue weighted by atomic mass is 9.73. The van der Waals surface area contributed by atoms with Gasteiger partial charge in [0.15, 0.2) is 0 Å². The molecule has 1 spiro atoms. The van der Waals surface area contributed by atoms with Crippen LogP contribution in [0.25, 0.3) is 0 Å². The number of carbonyl (C=O) groups excluding carboxylic acids is 2. The Bertz CT molecular complexity index is 603. The maximum absolute atomic E-state index is 12.5. The zero-order valence-electron chi connectivity index (χ0n) is 12.4. The molecule has 3 saturated heterocycles. The summed E-state index contributed by atoms with van der Waals surface area (Å²) < 4.78 is 6.01. The minimum absolute atomic E-state index is 0.0228. The maximum Gasteiger partial charge on any atom is 0.227 e. The highest BCUT2D eigenvalue weighted by Gasteiger charge is 2.66. The van der Waals surface area contributed by atoms with Gasteiger partial charge in [0.1, 0.15) is 0 Å². The van der Waals surface area contributed by atoms with Crippen molar-refractivity contribution < 1.29 is 14.3 Å². The first-order valence-corrected chi connectivity index (χ1v) is 7.97. The lowest BCUT2D eigenvalue weighted by molar-refractivity contribution is -0.133. The number of benzene rings is 1. The van der Waals surface area contributed by atoms with E-state index in [0.29, 0.717) is 13.1 Å². The minimum Gasteiger partial charge on any atom is -0.368 e. The Kier molecular flexibility index (Phi) is 3.18. The number of ether oxygens (including phenoxy) is 1. The Labute approximate surface area is 129 Å². The highest BCUT2D eigenvalue weighted by atomic mass is 16.5. The molecule has 4 rings (SSSR count). The van der Waals surface area contributed by atoms with Gasteiger partial charge in [-0.25, -0.2) is 0 Å². The average Bonchev–Trinajstić information content (AvgIpc) is 3.19. The number of amides is 2. The normalized spacial score (nSPS) is 35.3. The first-order valence-electron chi connectivity index (χ1n) is 7.97. The maximum atomic E-state index is 12.5. The van der Waals surface area contributed by atoms with Crippen molar-refractivity contribution in [2.24, 2.45) is 11.8 Å². The first-order chi connectivity index (χ1) is 10.7. The van der Waals surface area contributed by atoms with Gasteiger partial charge in [0, 0.05) is 13.1 Å². The summed E-state index contributed by atoms with van der Waals surface area (Å²) in [5.41, 5.74) is 0.783. The number of hydrogen-bond donors (Lipinski definition) is 2. The van der Waals surface area contributed by atoms with Crippen molar-refractivity contribution in [2.45, 2.75) is 31.0 Å². The molecule has 4 atom stereocenters. The summed E-state index contributed by atoms with van der Waals surface area (Å²) in [5, 5.41) is 5.85. The molecule has 3 aliphatic heterocycles. The summed E-state index contributed by atoms with van der Waals surface area (Å²) in [6, 6.07) is 10.1. The van der Waals surface area contributed by atoms with Crippen LogP contribution in [0, 0.1) is 11.8 Å². The monoisotopic (exact) mass is 300 g/mol. The van der Waals surface area contributed by atoms with Crippen molar-refractivity contribution in [3.05, 3.63) is 35.9 Å². The van der Waals surface area contributed by atoms with E-state index in [9.17, 15) is 9.59 Å². The van der Waals surface area contributed by atoms with Crippen LogP contribution in [-0.2, 0) is 20.7 Å². The van der Waals surface area contributed by atoms with E-state index >= 15 is 0 Å². The van der Waals surface area contributed by atoms with Crippen LogP contribution < -0.4 is 10.6 Å². The molecule has 2 N–H and O–H groups in total. The van der Waals surface area contributed by atoms with Crippen molar-refractivity contribution in [3.63, 3.8) is 0 Å². The zero-order valence-corrected chi connectivity index (χ0v) is 12.4. The SMILES string of the molecule is O=C(NCCc1ccccc1)[C@H]1[C@@H]2CC[C@@]3(CNC(=O)[C@@H]13)O2. The van der Waals surface area contributed by atoms with Gasteiger partial charge in [-0.2, -0.15) is 0 Å². The van der Waals surface area contributed by atoms with E-state index in [0.717, 1.165) is 19.3 Å². The van der Waals surface area contributed by atoms with Crippen molar-refractivity contribution in [2.75, 3.05) is 13.1 Å². The van der Waals surface area contributed by atoms with Gasteiger partial charge in [0.2, 0.25) is 11.8 Å². The van der Waals surface area contributed by atoms with E-state index < -0.39 is 5.60 Å². The van der Waals surface area contributed by atoms with Gasteiger partial charge in [-0.1, -0.05) is 30.3 Å². The summed E-state index contributed by atoms with van der Waals surface area (Å²) in [6.45, 7) is 1.15. The largest absolute Gasteiger partial charge is 0.368 e. The quantitative estimate of drug-likeness (QED) is 0.857. The molecule has 5 heteroatoms. The molecule has 1 aromatic carbocycles. The van der Waals surface area contributed by atoms with E-state index in [1.54, 1.807) is 0 Å². The molecule has 3 aliphatic rings. The summed E-state index contributed by atoms with van der Waals surface area (Å²) in [5.74, 6) is -0.690.